The lowest BCUT2D eigenvalue weighted by Crippen LogP contribution is -1.85. The number of hydrogen-bond donors (Lipinski definition) is 0. The van der Waals surface area contributed by atoms with Crippen LogP contribution in [0.5, 0.6) is 0 Å². The minimum atomic E-state index is 0. The molecule has 0 bridgehead atoms. The van der Waals surface area contributed by atoms with Crippen LogP contribution in [0.15, 0.2) is 249 Å². The highest BCUT2D eigenvalue weighted by Gasteiger charge is 2.00. The largest absolute Gasteiger partial charge is 0.0808 e. The normalized spacial score (nSPS) is 9.37. The van der Waals surface area contributed by atoms with Gasteiger partial charge in [-0.25, -0.2) is 0 Å². The fourth-order valence-corrected chi connectivity index (χ4v) is 6.85. The molecule has 102 heavy (non-hydrogen) atoms. The molecule has 0 aromatic heterocycles. The lowest BCUT2D eigenvalue weighted by molar-refractivity contribution is 0.886. The Kier molecular flexibility index (Phi) is 182. The Morgan fingerprint density at radius 3 is 0.608 bits per heavy atom. The van der Waals surface area contributed by atoms with Crippen LogP contribution in [0.4, 0.5) is 0 Å². The molecule has 4 aliphatic rings. The van der Waals surface area contributed by atoms with Crippen molar-refractivity contribution in [1.82, 2.24) is 0 Å². The minimum Gasteiger partial charge on any atom is -0.0808 e. The Morgan fingerprint density at radius 2 is 0.422 bits per heavy atom. The number of benzene rings is 7. The number of rotatable bonds is 4. The van der Waals surface area contributed by atoms with E-state index in [1.807, 2.05) is 137 Å². The molecule has 0 amide bonds. The fourth-order valence-electron chi connectivity index (χ4n) is 6.85. The number of fused-ring (bicyclic) bond motifs is 2. The van der Waals surface area contributed by atoms with E-state index in [9.17, 15) is 0 Å². The molecule has 7 aromatic rings. The van der Waals surface area contributed by atoms with E-state index in [0.29, 0.717) is 0 Å². The van der Waals surface area contributed by atoms with Gasteiger partial charge in [-0.3, -0.25) is 0 Å². The molecule has 0 N–H and O–H groups in total. The zero-order chi connectivity index (χ0) is 78.3. The van der Waals surface area contributed by atoms with Gasteiger partial charge in [0.1, 0.15) is 0 Å². The van der Waals surface area contributed by atoms with Gasteiger partial charge in [-0.05, 0) is 82.7 Å². The summed E-state index contributed by atoms with van der Waals surface area (Å²) in [5.74, 6) is 0. The summed E-state index contributed by atoms with van der Waals surface area (Å²) in [6, 6.07) is 67.2. The second-order valence-electron chi connectivity index (χ2n) is 19.7. The summed E-state index contributed by atoms with van der Waals surface area (Å²) in [6.07, 6.45) is 42.8. The van der Waals surface area contributed by atoms with Crippen LogP contribution in [0.2, 0.25) is 0 Å². The molecule has 1 fully saturated rings. The predicted molar refractivity (Wildman–Crippen MR) is 497 cm³/mol. The molecule has 11 rings (SSSR count). The monoisotopic (exact) mass is 1410 g/mol. The van der Waals surface area contributed by atoms with Crippen LogP contribution in [-0.4, -0.2) is 0 Å². The number of allylic oxidation sites excluding steroid dienone is 9. The lowest BCUT2D eigenvalue weighted by atomic mass is 10.1. The molecule has 0 heteroatoms. The molecule has 4 aliphatic carbocycles. The van der Waals surface area contributed by atoms with Crippen LogP contribution in [0.1, 0.15) is 361 Å². The van der Waals surface area contributed by atoms with Crippen molar-refractivity contribution in [1.29, 1.82) is 0 Å². The van der Waals surface area contributed by atoms with Gasteiger partial charge in [0.25, 0.3) is 0 Å². The molecule has 0 heterocycles. The van der Waals surface area contributed by atoms with Gasteiger partial charge in [0, 0.05) is 0 Å². The maximum absolute atomic E-state index is 2.20. The van der Waals surface area contributed by atoms with E-state index in [1.165, 1.54) is 115 Å². The van der Waals surface area contributed by atoms with Gasteiger partial charge in [-0.2, -0.15) is 0 Å². The molecule has 0 unspecified atom stereocenters. The molecule has 0 nitrogen and oxygen atoms in total. The van der Waals surface area contributed by atoms with Crippen molar-refractivity contribution in [3.63, 3.8) is 0 Å². The Hall–Kier alpha value is -6.50. The summed E-state index contributed by atoms with van der Waals surface area (Å²) in [4.78, 5) is 0. The van der Waals surface area contributed by atoms with E-state index in [4.69, 9.17) is 0 Å². The van der Waals surface area contributed by atoms with Crippen LogP contribution in [0, 0.1) is 0 Å². The van der Waals surface area contributed by atoms with Crippen LogP contribution in [0.3, 0.4) is 0 Å². The summed E-state index contributed by atoms with van der Waals surface area (Å²) < 4.78 is 0. The van der Waals surface area contributed by atoms with Crippen LogP contribution in [-0.2, 0) is 25.7 Å². The van der Waals surface area contributed by atoms with Gasteiger partial charge >= 0.3 is 0 Å². The molecule has 0 radical (unpaired) electrons. The number of aryl methyl sites for hydroxylation is 2. The van der Waals surface area contributed by atoms with Crippen molar-refractivity contribution in [3.8, 4) is 0 Å². The summed E-state index contributed by atoms with van der Waals surface area (Å²) >= 11 is 0. The van der Waals surface area contributed by atoms with Crippen molar-refractivity contribution in [2.24, 2.45) is 0 Å². The zero-order valence-electron chi connectivity index (χ0n) is 72.3. The number of hydrogen-bond acceptors (Lipinski definition) is 0. The topological polar surface area (TPSA) is 0 Å². The van der Waals surface area contributed by atoms with E-state index in [2.05, 4.69) is 340 Å². The third-order valence-electron chi connectivity index (χ3n) is 10.5. The SMILES string of the molecule is C.C.C.C1=CCC=C1.C1=CCC=C1.C1=Cc2ccccc2C1.C1CCCC1.CC.CC.CC.CC.CC.CC.CC.CC.CC.CCC.CCC.CCC.CCC.CCC.CCC.CCc1ccccc1.CCc1ccccc1.c1ccc(Cc2ccccc2)cc1.c1ccc2ccccc2c1. The molecule has 0 aliphatic heterocycles. The molecular formula is C102H184. The van der Waals surface area contributed by atoms with Gasteiger partial charge in [0.15, 0.2) is 0 Å². The van der Waals surface area contributed by atoms with E-state index < -0.39 is 0 Å². The molecule has 0 saturated heterocycles. The highest BCUT2D eigenvalue weighted by atomic mass is 14.1. The molecule has 0 spiro atoms. The summed E-state index contributed by atoms with van der Waals surface area (Å²) in [6.45, 7) is 65.8. The molecule has 0 atom stereocenters. The molecule has 7 aromatic carbocycles. The highest BCUT2D eigenvalue weighted by Crippen LogP contribution is 2.18. The first-order valence-corrected chi connectivity index (χ1v) is 40.7. The standard InChI is InChI=1S/C13H12.C10H8.C9H8.2C8H10.C5H10.2C5H6.6C3H8.9C2H6.3CH4/c1-3-7-12(8-4-1)11-13-9-5-2-6-10-13;1-2-6-10-8-4-3-7-9(10)5-1;1-2-5-9-7-3-6-8(9)4-1;2*1-2-8-6-4-3-5-7-8;3*1-2-4-5-3-1;6*1-3-2;9*1-2;;;/h1-10H,11H2;1-8H;1-6H,7H2;2*3-7H,2H2,1H3;1-5H2;2*1-4H,5H2;6*3H2,1-2H3;9*1-2H3;3*1H4. The average Bonchev–Trinajstić information content (AvgIpc) is 1.32. The second-order valence-corrected chi connectivity index (χ2v) is 19.7. The smallest absolute Gasteiger partial charge is 0.00258 e. The Morgan fingerprint density at radius 1 is 0.225 bits per heavy atom. The summed E-state index contributed by atoms with van der Waals surface area (Å²) in [5, 5.41) is 2.62. The van der Waals surface area contributed by atoms with Crippen molar-refractivity contribution < 1.29 is 0 Å². The third-order valence-corrected chi connectivity index (χ3v) is 10.5. The Labute approximate surface area is 648 Å². The maximum Gasteiger partial charge on any atom is -0.00258 e. The van der Waals surface area contributed by atoms with E-state index >= 15 is 0 Å². The Balaban J connectivity index is -0.0000000616. The molecule has 1 saturated carbocycles. The minimum absolute atomic E-state index is 0. The molecule has 592 valence electrons. The lowest BCUT2D eigenvalue weighted by Gasteiger charge is -2.00. The van der Waals surface area contributed by atoms with Crippen LogP contribution >= 0.6 is 0 Å². The predicted octanol–water partition coefficient (Wildman–Crippen LogP) is 37.5. The van der Waals surface area contributed by atoms with E-state index in [1.54, 1.807) is 0 Å². The fraction of sp³-hybridized carbons (Fsp3) is 0.510. The van der Waals surface area contributed by atoms with Gasteiger partial charge in [0.2, 0.25) is 0 Å². The van der Waals surface area contributed by atoms with Gasteiger partial charge in [-0.1, -0.05) is 569 Å². The third kappa shape index (κ3) is 115. The first kappa shape index (κ1) is 132. The first-order valence-electron chi connectivity index (χ1n) is 40.7. The van der Waals surface area contributed by atoms with Gasteiger partial charge in [0.05, 0.1) is 0 Å². The summed E-state index contributed by atoms with van der Waals surface area (Å²) in [5.41, 5.74) is 8.40. The van der Waals surface area contributed by atoms with Gasteiger partial charge < -0.3 is 0 Å². The molecular weight excluding hydrogens is 1230 g/mol. The summed E-state index contributed by atoms with van der Waals surface area (Å²) in [7, 11) is 0. The quantitative estimate of drug-likeness (QED) is 0.165. The second kappa shape index (κ2) is 141. The van der Waals surface area contributed by atoms with E-state index in [0.717, 1.165) is 38.5 Å². The maximum atomic E-state index is 2.20. The van der Waals surface area contributed by atoms with Crippen molar-refractivity contribution in [3.05, 3.63) is 282 Å². The van der Waals surface area contributed by atoms with E-state index in [-0.39, 0.29) is 22.3 Å². The zero-order valence-corrected chi connectivity index (χ0v) is 72.3. The Bertz CT molecular complexity index is 2200. The van der Waals surface area contributed by atoms with Gasteiger partial charge in [-0.15, -0.1) is 0 Å². The average molecular weight is 1410 g/mol. The van der Waals surface area contributed by atoms with Crippen LogP contribution in [0.25, 0.3) is 16.8 Å². The van der Waals surface area contributed by atoms with Crippen LogP contribution < -0.4 is 0 Å². The van der Waals surface area contributed by atoms with Crippen molar-refractivity contribution >= 4 is 16.8 Å². The first-order chi connectivity index (χ1) is 48.7. The van der Waals surface area contributed by atoms with Crippen molar-refractivity contribution in [2.75, 3.05) is 0 Å². The highest BCUT2D eigenvalue weighted by molar-refractivity contribution is 5.82. The van der Waals surface area contributed by atoms with Crippen molar-refractivity contribution in [2.45, 2.75) is 353 Å².